The van der Waals surface area contributed by atoms with Crippen molar-refractivity contribution in [2.45, 2.75) is 50.5 Å². The quantitative estimate of drug-likeness (QED) is 0.848. The van der Waals surface area contributed by atoms with Crippen LogP contribution >= 0.6 is 0 Å². The molecule has 26 heavy (non-hydrogen) atoms. The van der Waals surface area contributed by atoms with Crippen molar-refractivity contribution < 1.29 is 9.53 Å². The van der Waals surface area contributed by atoms with Gasteiger partial charge in [-0.2, -0.15) is 4.68 Å². The maximum atomic E-state index is 12.6. The van der Waals surface area contributed by atoms with Crippen molar-refractivity contribution in [1.29, 1.82) is 0 Å². The summed E-state index contributed by atoms with van der Waals surface area (Å²) in [5, 5.41) is 15.1. The maximum absolute atomic E-state index is 12.6. The van der Waals surface area contributed by atoms with Crippen LogP contribution in [0.2, 0.25) is 0 Å². The number of carbonyl (C=O) groups is 1. The van der Waals surface area contributed by atoms with Gasteiger partial charge < -0.3 is 15.8 Å². The molecule has 0 bridgehead atoms. The summed E-state index contributed by atoms with van der Waals surface area (Å²) in [6.07, 6.45) is 5.83. The van der Waals surface area contributed by atoms with Crippen LogP contribution in [0.25, 0.3) is 5.69 Å². The molecule has 2 saturated carbocycles. The lowest BCUT2D eigenvalue weighted by atomic mass is 9.85. The van der Waals surface area contributed by atoms with Crippen LogP contribution in [0, 0.1) is 5.92 Å². The summed E-state index contributed by atoms with van der Waals surface area (Å²) in [4.78, 5) is 12.6. The minimum absolute atomic E-state index is 0.0235. The summed E-state index contributed by atoms with van der Waals surface area (Å²) in [5.74, 6) is 1.90. The summed E-state index contributed by atoms with van der Waals surface area (Å²) in [6, 6.07) is 5.65. The van der Waals surface area contributed by atoms with Gasteiger partial charge in [-0.05, 0) is 60.7 Å². The number of anilines is 1. The van der Waals surface area contributed by atoms with Crippen molar-refractivity contribution in [3.05, 3.63) is 24.0 Å². The Bertz CT molecular complexity index is 801. The molecule has 3 N–H and O–H groups in total. The van der Waals surface area contributed by atoms with E-state index in [-0.39, 0.29) is 17.9 Å². The third-order valence-electron chi connectivity index (χ3n) is 5.20. The Morgan fingerprint density at radius 1 is 1.31 bits per heavy atom. The van der Waals surface area contributed by atoms with Gasteiger partial charge in [-0.3, -0.25) is 4.79 Å². The van der Waals surface area contributed by atoms with E-state index in [1.165, 1.54) is 0 Å². The molecule has 2 fully saturated rings. The van der Waals surface area contributed by atoms with Gasteiger partial charge in [0.2, 0.25) is 5.91 Å². The summed E-state index contributed by atoms with van der Waals surface area (Å²) in [7, 11) is 1.61. The summed E-state index contributed by atoms with van der Waals surface area (Å²) < 4.78 is 7.18. The Hall–Kier alpha value is -2.48. The maximum Gasteiger partial charge on any atom is 0.227 e. The Labute approximate surface area is 152 Å². The van der Waals surface area contributed by atoms with E-state index in [9.17, 15) is 4.79 Å². The van der Waals surface area contributed by atoms with Gasteiger partial charge in [-0.25, -0.2) is 0 Å². The first-order valence-electron chi connectivity index (χ1n) is 9.19. The average molecular weight is 356 g/mol. The number of nitrogens with zero attached hydrogens (tertiary/aromatic N) is 4. The molecule has 4 rings (SSSR count). The van der Waals surface area contributed by atoms with Gasteiger partial charge in [-0.15, -0.1) is 5.10 Å². The van der Waals surface area contributed by atoms with Gasteiger partial charge in [0.1, 0.15) is 11.4 Å². The molecule has 8 heteroatoms. The summed E-state index contributed by atoms with van der Waals surface area (Å²) in [6.45, 7) is 0. The van der Waals surface area contributed by atoms with Gasteiger partial charge >= 0.3 is 0 Å². The SMILES string of the molecule is COc1ccc(NC(=O)C2CCCC(N)C2)cc1-n1nnnc1C1CC1. The fourth-order valence-electron chi connectivity index (χ4n) is 3.61. The standard InChI is InChI=1S/C18H24N6O2/c1-26-16-8-7-14(20-18(25)12-3-2-4-13(19)9-12)10-15(16)24-17(11-5-6-11)21-22-23-24/h7-8,10-13H,2-6,9,19H2,1H3,(H,20,25). The number of aromatic nitrogens is 4. The second-order valence-electron chi connectivity index (χ2n) is 7.22. The van der Waals surface area contributed by atoms with Crippen LogP contribution in [-0.2, 0) is 4.79 Å². The van der Waals surface area contributed by atoms with Crippen LogP contribution in [0.3, 0.4) is 0 Å². The highest BCUT2D eigenvalue weighted by molar-refractivity contribution is 5.93. The van der Waals surface area contributed by atoms with E-state index in [1.807, 2.05) is 18.2 Å². The van der Waals surface area contributed by atoms with Crippen LogP contribution in [0.1, 0.15) is 50.3 Å². The Morgan fingerprint density at radius 2 is 2.15 bits per heavy atom. The molecule has 1 aromatic carbocycles. The Balaban J connectivity index is 1.58. The van der Waals surface area contributed by atoms with Crippen LogP contribution in [0.4, 0.5) is 5.69 Å². The van der Waals surface area contributed by atoms with Crippen molar-refractivity contribution in [1.82, 2.24) is 20.2 Å². The van der Waals surface area contributed by atoms with Crippen molar-refractivity contribution in [3.63, 3.8) is 0 Å². The summed E-state index contributed by atoms with van der Waals surface area (Å²) in [5.41, 5.74) is 7.46. The highest BCUT2D eigenvalue weighted by Crippen LogP contribution is 2.40. The van der Waals surface area contributed by atoms with E-state index >= 15 is 0 Å². The fraction of sp³-hybridized carbons (Fsp3) is 0.556. The smallest absolute Gasteiger partial charge is 0.227 e. The number of hydrogen-bond donors (Lipinski definition) is 2. The van der Waals surface area contributed by atoms with Crippen LogP contribution < -0.4 is 15.8 Å². The zero-order valence-electron chi connectivity index (χ0n) is 14.9. The molecule has 2 unspecified atom stereocenters. The van der Waals surface area contributed by atoms with Crippen molar-refractivity contribution >= 4 is 11.6 Å². The van der Waals surface area contributed by atoms with Crippen molar-refractivity contribution in [2.24, 2.45) is 11.7 Å². The molecule has 1 amide bonds. The molecular formula is C18H24N6O2. The van der Waals surface area contributed by atoms with Gasteiger partial charge in [0.15, 0.2) is 5.82 Å². The summed E-state index contributed by atoms with van der Waals surface area (Å²) >= 11 is 0. The molecule has 0 spiro atoms. The van der Waals surface area contributed by atoms with E-state index in [0.717, 1.165) is 50.0 Å². The van der Waals surface area contributed by atoms with E-state index in [1.54, 1.807) is 11.8 Å². The number of rotatable bonds is 5. The Morgan fingerprint density at radius 3 is 2.88 bits per heavy atom. The number of hydrogen-bond acceptors (Lipinski definition) is 6. The fourth-order valence-corrected chi connectivity index (χ4v) is 3.61. The number of nitrogens with two attached hydrogens (primary N) is 1. The van der Waals surface area contributed by atoms with E-state index < -0.39 is 0 Å². The second-order valence-corrected chi connectivity index (χ2v) is 7.22. The number of nitrogens with one attached hydrogen (secondary N) is 1. The van der Waals surface area contributed by atoms with E-state index in [0.29, 0.717) is 17.4 Å². The molecule has 0 saturated heterocycles. The van der Waals surface area contributed by atoms with Gasteiger partial charge in [0, 0.05) is 23.6 Å². The number of ether oxygens (including phenoxy) is 1. The van der Waals surface area contributed by atoms with Crippen molar-refractivity contribution in [3.8, 4) is 11.4 Å². The first kappa shape index (κ1) is 17.0. The molecule has 138 valence electrons. The predicted molar refractivity (Wildman–Crippen MR) is 96.2 cm³/mol. The van der Waals surface area contributed by atoms with Gasteiger partial charge in [-0.1, -0.05) is 6.42 Å². The molecular weight excluding hydrogens is 332 g/mol. The lowest BCUT2D eigenvalue weighted by Crippen LogP contribution is -2.34. The Kier molecular flexibility index (Phi) is 4.58. The minimum atomic E-state index is -0.0284. The monoisotopic (exact) mass is 356 g/mol. The topological polar surface area (TPSA) is 108 Å². The van der Waals surface area contributed by atoms with E-state index in [2.05, 4.69) is 20.8 Å². The first-order valence-corrected chi connectivity index (χ1v) is 9.19. The highest BCUT2D eigenvalue weighted by atomic mass is 16.5. The minimum Gasteiger partial charge on any atom is -0.494 e. The number of carbonyl (C=O) groups excluding carboxylic acids is 1. The third-order valence-corrected chi connectivity index (χ3v) is 5.20. The lowest BCUT2D eigenvalue weighted by molar-refractivity contribution is -0.120. The largest absolute Gasteiger partial charge is 0.494 e. The predicted octanol–water partition coefficient (Wildman–Crippen LogP) is 2.00. The zero-order valence-corrected chi connectivity index (χ0v) is 14.9. The zero-order chi connectivity index (χ0) is 18.1. The number of methoxy groups -OCH3 is 1. The molecule has 8 nitrogen and oxygen atoms in total. The molecule has 1 aromatic heterocycles. The molecule has 2 atom stereocenters. The lowest BCUT2D eigenvalue weighted by Gasteiger charge is -2.25. The van der Waals surface area contributed by atoms with Gasteiger partial charge in [0.25, 0.3) is 0 Å². The van der Waals surface area contributed by atoms with E-state index in [4.69, 9.17) is 10.5 Å². The van der Waals surface area contributed by atoms with Gasteiger partial charge in [0.05, 0.1) is 7.11 Å². The molecule has 0 aliphatic heterocycles. The van der Waals surface area contributed by atoms with Crippen molar-refractivity contribution in [2.75, 3.05) is 12.4 Å². The number of tetrazole rings is 1. The molecule has 2 aliphatic carbocycles. The number of amides is 1. The molecule has 0 radical (unpaired) electrons. The normalized spacial score (nSPS) is 22.8. The molecule has 2 aromatic rings. The third kappa shape index (κ3) is 3.41. The van der Waals surface area contributed by atoms with Crippen LogP contribution in [-0.4, -0.2) is 39.3 Å². The second kappa shape index (κ2) is 7.03. The first-order chi connectivity index (χ1) is 12.7. The number of benzene rings is 1. The highest BCUT2D eigenvalue weighted by Gasteiger charge is 2.31. The molecule has 2 aliphatic rings. The van der Waals surface area contributed by atoms with Crippen LogP contribution in [0.5, 0.6) is 5.75 Å². The average Bonchev–Trinajstić information content (AvgIpc) is 3.38. The molecule has 1 heterocycles. The van der Waals surface area contributed by atoms with Crippen LogP contribution in [0.15, 0.2) is 18.2 Å².